The van der Waals surface area contributed by atoms with Crippen molar-refractivity contribution in [3.8, 4) is 11.3 Å². The number of amides is 2. The average Bonchev–Trinajstić information content (AvgIpc) is 3.28. The van der Waals surface area contributed by atoms with Crippen LogP contribution in [0.5, 0.6) is 0 Å². The number of urea groups is 1. The Balaban J connectivity index is 1.64. The normalized spacial score (nSPS) is 17.3. The van der Waals surface area contributed by atoms with Gasteiger partial charge in [0.05, 0.1) is 12.0 Å². The third-order valence-corrected chi connectivity index (χ3v) is 4.70. The lowest BCUT2D eigenvalue weighted by atomic mass is 10.1. The summed E-state index contributed by atoms with van der Waals surface area (Å²) in [7, 11) is 2.08. The number of benzene rings is 1. The molecule has 1 fully saturated rings. The van der Waals surface area contributed by atoms with Crippen molar-refractivity contribution in [1.82, 2.24) is 9.80 Å². The van der Waals surface area contributed by atoms with Crippen LogP contribution in [0, 0.1) is 11.7 Å². The molecule has 1 aliphatic rings. The van der Waals surface area contributed by atoms with Gasteiger partial charge in [0.2, 0.25) is 0 Å². The number of hydrogen-bond donors (Lipinski definition) is 1. The number of carbonyl (C=O) groups is 1. The summed E-state index contributed by atoms with van der Waals surface area (Å²) in [4.78, 5) is 16.5. The van der Waals surface area contributed by atoms with Crippen LogP contribution >= 0.6 is 0 Å². The second kappa shape index (κ2) is 7.70. The lowest BCUT2D eigenvalue weighted by Crippen LogP contribution is -2.34. The summed E-state index contributed by atoms with van der Waals surface area (Å²) in [6.07, 6.45) is 2.54. The number of rotatable bonds is 5. The van der Waals surface area contributed by atoms with Crippen LogP contribution in [0.1, 0.15) is 13.3 Å². The molecular weight excluding hydrogens is 321 g/mol. The first-order chi connectivity index (χ1) is 12.1. The van der Waals surface area contributed by atoms with Crippen molar-refractivity contribution in [1.29, 1.82) is 0 Å². The van der Waals surface area contributed by atoms with Crippen LogP contribution in [0.3, 0.4) is 0 Å². The van der Waals surface area contributed by atoms with Crippen LogP contribution in [-0.2, 0) is 0 Å². The number of furan rings is 1. The SMILES string of the molecule is CCN(C)CC1CCN(C(=O)Nc2cc(-c3ccco3)ccc2F)C1. The van der Waals surface area contributed by atoms with E-state index in [0.29, 0.717) is 24.8 Å². The standard InChI is InChI=1S/C19H24FN3O2/c1-3-22(2)12-14-8-9-23(13-14)19(24)21-17-11-15(6-7-16(17)20)18-5-4-10-25-18/h4-7,10-11,14H,3,8-9,12-13H2,1-2H3,(H,21,24). The Morgan fingerprint density at radius 2 is 2.28 bits per heavy atom. The van der Waals surface area contributed by atoms with Crippen molar-refractivity contribution in [2.75, 3.05) is 38.5 Å². The van der Waals surface area contributed by atoms with Crippen molar-refractivity contribution < 1.29 is 13.6 Å². The fraction of sp³-hybridized carbons (Fsp3) is 0.421. The summed E-state index contributed by atoms with van der Waals surface area (Å²) in [5.74, 6) is 0.652. The van der Waals surface area contributed by atoms with Gasteiger partial charge >= 0.3 is 6.03 Å². The molecule has 1 aliphatic heterocycles. The molecule has 134 valence electrons. The minimum absolute atomic E-state index is 0.174. The van der Waals surface area contributed by atoms with Crippen LogP contribution in [0.15, 0.2) is 41.0 Å². The summed E-state index contributed by atoms with van der Waals surface area (Å²) >= 11 is 0. The van der Waals surface area contributed by atoms with E-state index < -0.39 is 5.82 Å². The average molecular weight is 345 g/mol. The Labute approximate surface area is 147 Å². The van der Waals surface area contributed by atoms with E-state index in [9.17, 15) is 9.18 Å². The van der Waals surface area contributed by atoms with Crippen LogP contribution in [0.2, 0.25) is 0 Å². The third-order valence-electron chi connectivity index (χ3n) is 4.70. The molecule has 1 saturated heterocycles. The highest BCUT2D eigenvalue weighted by atomic mass is 19.1. The van der Waals surface area contributed by atoms with Gasteiger partial charge in [0.25, 0.3) is 0 Å². The summed E-state index contributed by atoms with van der Waals surface area (Å²) < 4.78 is 19.4. The molecule has 1 aromatic carbocycles. The van der Waals surface area contributed by atoms with Crippen molar-refractivity contribution in [2.24, 2.45) is 5.92 Å². The molecule has 1 atom stereocenters. The number of nitrogens with zero attached hydrogens (tertiary/aromatic N) is 2. The molecule has 0 radical (unpaired) electrons. The van der Waals surface area contributed by atoms with Gasteiger partial charge in [-0.2, -0.15) is 0 Å². The van der Waals surface area contributed by atoms with E-state index >= 15 is 0 Å². The second-order valence-corrected chi connectivity index (χ2v) is 6.56. The zero-order valence-corrected chi connectivity index (χ0v) is 14.7. The molecule has 1 unspecified atom stereocenters. The quantitative estimate of drug-likeness (QED) is 0.894. The Kier molecular flexibility index (Phi) is 5.38. The van der Waals surface area contributed by atoms with Gasteiger partial charge in [0.15, 0.2) is 0 Å². The molecule has 2 heterocycles. The first kappa shape index (κ1) is 17.5. The first-order valence-electron chi connectivity index (χ1n) is 8.64. The summed E-state index contributed by atoms with van der Waals surface area (Å²) in [6.45, 7) is 5.49. The first-order valence-corrected chi connectivity index (χ1v) is 8.64. The predicted octanol–water partition coefficient (Wildman–Crippen LogP) is 3.89. The van der Waals surface area contributed by atoms with Gasteiger partial charge in [-0.15, -0.1) is 0 Å². The maximum atomic E-state index is 14.1. The van der Waals surface area contributed by atoms with Crippen LogP contribution < -0.4 is 5.32 Å². The highest BCUT2D eigenvalue weighted by molar-refractivity contribution is 5.90. The van der Waals surface area contributed by atoms with Crippen LogP contribution in [0.4, 0.5) is 14.9 Å². The van der Waals surface area contributed by atoms with Gasteiger partial charge in [0.1, 0.15) is 11.6 Å². The van der Waals surface area contributed by atoms with E-state index in [1.54, 1.807) is 35.4 Å². The maximum absolute atomic E-state index is 14.1. The molecule has 1 aromatic heterocycles. The molecule has 3 rings (SSSR count). The lowest BCUT2D eigenvalue weighted by molar-refractivity contribution is 0.218. The van der Waals surface area contributed by atoms with Crippen molar-refractivity contribution in [3.05, 3.63) is 42.4 Å². The third kappa shape index (κ3) is 4.20. The summed E-state index contributed by atoms with van der Waals surface area (Å²) in [5.41, 5.74) is 0.901. The highest BCUT2D eigenvalue weighted by Crippen LogP contribution is 2.26. The fourth-order valence-electron chi connectivity index (χ4n) is 3.15. The van der Waals surface area contributed by atoms with Gasteiger partial charge < -0.3 is 19.5 Å². The Morgan fingerprint density at radius 1 is 1.44 bits per heavy atom. The monoisotopic (exact) mass is 345 g/mol. The molecule has 6 heteroatoms. The molecule has 0 spiro atoms. The highest BCUT2D eigenvalue weighted by Gasteiger charge is 2.27. The number of anilines is 1. The van der Waals surface area contributed by atoms with Gasteiger partial charge in [0, 0.05) is 25.2 Å². The number of likely N-dealkylation sites (tertiary alicyclic amines) is 1. The number of hydrogen-bond acceptors (Lipinski definition) is 3. The maximum Gasteiger partial charge on any atom is 0.321 e. The van der Waals surface area contributed by atoms with Crippen molar-refractivity contribution in [3.63, 3.8) is 0 Å². The second-order valence-electron chi connectivity index (χ2n) is 6.56. The molecule has 0 bridgehead atoms. The fourth-order valence-corrected chi connectivity index (χ4v) is 3.15. The van der Waals surface area contributed by atoms with Crippen LogP contribution in [0.25, 0.3) is 11.3 Å². The van der Waals surface area contributed by atoms with Crippen LogP contribution in [-0.4, -0.2) is 49.1 Å². The smallest absolute Gasteiger partial charge is 0.321 e. The summed E-state index contributed by atoms with van der Waals surface area (Å²) in [6, 6.07) is 7.90. The zero-order chi connectivity index (χ0) is 17.8. The zero-order valence-electron chi connectivity index (χ0n) is 14.7. The molecular formula is C19H24FN3O2. The van der Waals surface area contributed by atoms with E-state index in [4.69, 9.17) is 4.42 Å². The molecule has 5 nitrogen and oxygen atoms in total. The molecule has 1 N–H and O–H groups in total. The van der Waals surface area contributed by atoms with Crippen molar-refractivity contribution in [2.45, 2.75) is 13.3 Å². The lowest BCUT2D eigenvalue weighted by Gasteiger charge is -2.20. The minimum atomic E-state index is -0.454. The Hall–Kier alpha value is -2.34. The van der Waals surface area contributed by atoms with E-state index in [1.807, 2.05) is 0 Å². The molecule has 2 aromatic rings. The van der Waals surface area contributed by atoms with E-state index in [2.05, 4.69) is 24.2 Å². The van der Waals surface area contributed by atoms with Gasteiger partial charge in [-0.1, -0.05) is 6.92 Å². The van der Waals surface area contributed by atoms with Gasteiger partial charge in [-0.05, 0) is 56.3 Å². The Bertz CT molecular complexity index is 717. The van der Waals surface area contributed by atoms with Gasteiger partial charge in [-0.3, -0.25) is 0 Å². The topological polar surface area (TPSA) is 48.7 Å². The van der Waals surface area contributed by atoms with Crippen molar-refractivity contribution >= 4 is 11.7 Å². The molecule has 2 amide bonds. The largest absolute Gasteiger partial charge is 0.464 e. The molecule has 0 saturated carbocycles. The molecule has 25 heavy (non-hydrogen) atoms. The molecule has 0 aliphatic carbocycles. The Morgan fingerprint density at radius 3 is 3.00 bits per heavy atom. The van der Waals surface area contributed by atoms with E-state index in [-0.39, 0.29) is 11.7 Å². The number of carbonyl (C=O) groups excluding carboxylic acids is 1. The minimum Gasteiger partial charge on any atom is -0.464 e. The number of halogens is 1. The summed E-state index contributed by atoms with van der Waals surface area (Å²) in [5, 5.41) is 2.70. The predicted molar refractivity (Wildman–Crippen MR) is 96.0 cm³/mol. The van der Waals surface area contributed by atoms with E-state index in [0.717, 1.165) is 25.1 Å². The number of nitrogens with one attached hydrogen (secondary N) is 1. The van der Waals surface area contributed by atoms with Gasteiger partial charge in [-0.25, -0.2) is 9.18 Å². The van der Waals surface area contributed by atoms with E-state index in [1.165, 1.54) is 6.07 Å².